The minimum Gasteiger partial charge on any atom is -0.301 e. The van der Waals surface area contributed by atoms with E-state index in [4.69, 9.17) is 0 Å². The summed E-state index contributed by atoms with van der Waals surface area (Å²) >= 11 is 0. The highest BCUT2D eigenvalue weighted by Crippen LogP contribution is 2.21. The molecule has 0 radical (unpaired) electrons. The SMILES string of the molecule is CNC(c1ccc2ccccc2c1)N(C)C. The normalized spacial score (nSPS) is 13.2. The average molecular weight is 214 g/mol. The maximum atomic E-state index is 3.31. The molecule has 0 fully saturated rings. The van der Waals surface area contributed by atoms with E-state index in [1.165, 1.54) is 16.3 Å². The highest BCUT2D eigenvalue weighted by atomic mass is 15.2. The Bertz CT molecular complexity index is 477. The summed E-state index contributed by atoms with van der Waals surface area (Å²) < 4.78 is 0. The third kappa shape index (κ3) is 2.08. The van der Waals surface area contributed by atoms with Crippen LogP contribution in [0.2, 0.25) is 0 Å². The highest BCUT2D eigenvalue weighted by molar-refractivity contribution is 5.83. The molecule has 1 N–H and O–H groups in total. The molecule has 2 heteroatoms. The van der Waals surface area contributed by atoms with Crippen molar-refractivity contribution in [1.29, 1.82) is 0 Å². The first kappa shape index (κ1) is 11.1. The minimum absolute atomic E-state index is 0.268. The number of benzene rings is 2. The number of hydrogen-bond acceptors (Lipinski definition) is 2. The van der Waals surface area contributed by atoms with Crippen LogP contribution in [0.25, 0.3) is 10.8 Å². The largest absolute Gasteiger partial charge is 0.301 e. The van der Waals surface area contributed by atoms with E-state index < -0.39 is 0 Å². The first-order valence-electron chi connectivity index (χ1n) is 5.55. The summed E-state index contributed by atoms with van der Waals surface area (Å²) in [6, 6.07) is 15.1. The van der Waals surface area contributed by atoms with Gasteiger partial charge in [-0.25, -0.2) is 0 Å². The number of fused-ring (bicyclic) bond motifs is 1. The van der Waals surface area contributed by atoms with Gasteiger partial charge in [-0.3, -0.25) is 4.90 Å². The van der Waals surface area contributed by atoms with Gasteiger partial charge in [0.1, 0.15) is 0 Å². The lowest BCUT2D eigenvalue weighted by atomic mass is 10.1. The van der Waals surface area contributed by atoms with Gasteiger partial charge >= 0.3 is 0 Å². The van der Waals surface area contributed by atoms with Gasteiger partial charge in [0, 0.05) is 0 Å². The fraction of sp³-hybridized carbons (Fsp3) is 0.286. The summed E-state index contributed by atoms with van der Waals surface area (Å²) in [6.45, 7) is 0. The second-order valence-electron chi connectivity index (χ2n) is 4.26. The Balaban J connectivity index is 2.45. The van der Waals surface area contributed by atoms with Crippen LogP contribution in [-0.4, -0.2) is 26.0 Å². The quantitative estimate of drug-likeness (QED) is 0.790. The van der Waals surface area contributed by atoms with Crippen LogP contribution >= 0.6 is 0 Å². The molecule has 16 heavy (non-hydrogen) atoms. The van der Waals surface area contributed by atoms with E-state index in [-0.39, 0.29) is 6.17 Å². The number of hydrogen-bond donors (Lipinski definition) is 1. The lowest BCUT2D eigenvalue weighted by molar-refractivity contribution is 0.265. The fourth-order valence-electron chi connectivity index (χ4n) is 2.10. The Hall–Kier alpha value is -1.38. The van der Waals surface area contributed by atoms with Gasteiger partial charge in [0.2, 0.25) is 0 Å². The molecule has 1 unspecified atom stereocenters. The van der Waals surface area contributed by atoms with E-state index in [0.29, 0.717) is 0 Å². The van der Waals surface area contributed by atoms with Gasteiger partial charge in [-0.2, -0.15) is 0 Å². The summed E-state index contributed by atoms with van der Waals surface area (Å²) in [5, 5.41) is 5.89. The number of nitrogens with zero attached hydrogens (tertiary/aromatic N) is 1. The van der Waals surface area contributed by atoms with Crippen LogP contribution in [0.4, 0.5) is 0 Å². The lowest BCUT2D eigenvalue weighted by Crippen LogP contribution is -2.30. The van der Waals surface area contributed by atoms with Crippen LogP contribution in [0.5, 0.6) is 0 Å². The topological polar surface area (TPSA) is 15.3 Å². The predicted molar refractivity (Wildman–Crippen MR) is 69.4 cm³/mol. The van der Waals surface area contributed by atoms with Gasteiger partial charge in [0.15, 0.2) is 0 Å². The highest BCUT2D eigenvalue weighted by Gasteiger charge is 2.10. The maximum absolute atomic E-state index is 3.31. The van der Waals surface area contributed by atoms with Crippen LogP contribution < -0.4 is 5.32 Å². The van der Waals surface area contributed by atoms with Crippen LogP contribution in [0.3, 0.4) is 0 Å². The van der Waals surface area contributed by atoms with Gasteiger partial charge in [-0.1, -0.05) is 36.4 Å². The molecule has 2 aromatic carbocycles. The summed E-state index contributed by atoms with van der Waals surface area (Å²) in [4.78, 5) is 2.17. The molecule has 0 bridgehead atoms. The molecule has 0 saturated heterocycles. The van der Waals surface area contributed by atoms with Crippen LogP contribution in [-0.2, 0) is 0 Å². The molecule has 1 atom stereocenters. The maximum Gasteiger partial charge on any atom is 0.0853 e. The second kappa shape index (κ2) is 4.64. The summed E-state index contributed by atoms with van der Waals surface area (Å²) in [5.41, 5.74) is 1.30. The van der Waals surface area contributed by atoms with Gasteiger partial charge in [-0.15, -0.1) is 0 Å². The Labute approximate surface area is 96.9 Å². The molecule has 2 rings (SSSR count). The summed E-state index contributed by atoms with van der Waals surface area (Å²) in [7, 11) is 6.15. The molecule has 0 aliphatic rings. The molecular formula is C14H18N2. The van der Waals surface area contributed by atoms with Crippen LogP contribution in [0.1, 0.15) is 11.7 Å². The van der Waals surface area contributed by atoms with Crippen molar-refractivity contribution in [3.05, 3.63) is 48.0 Å². The van der Waals surface area contributed by atoms with Crippen molar-refractivity contribution in [2.75, 3.05) is 21.1 Å². The lowest BCUT2D eigenvalue weighted by Gasteiger charge is -2.24. The summed E-state index contributed by atoms with van der Waals surface area (Å²) in [5.74, 6) is 0. The Morgan fingerprint density at radius 3 is 2.31 bits per heavy atom. The molecule has 0 heterocycles. The average Bonchev–Trinajstić information content (AvgIpc) is 2.29. The molecule has 84 valence electrons. The number of nitrogens with one attached hydrogen (secondary N) is 1. The van der Waals surface area contributed by atoms with E-state index in [9.17, 15) is 0 Å². The zero-order valence-electron chi connectivity index (χ0n) is 10.1. The van der Waals surface area contributed by atoms with E-state index >= 15 is 0 Å². The van der Waals surface area contributed by atoms with Crippen molar-refractivity contribution in [2.24, 2.45) is 0 Å². The van der Waals surface area contributed by atoms with Crippen LogP contribution in [0.15, 0.2) is 42.5 Å². The third-order valence-corrected chi connectivity index (χ3v) is 2.88. The first-order valence-corrected chi connectivity index (χ1v) is 5.55. The number of rotatable bonds is 3. The molecule has 0 aromatic heterocycles. The van der Waals surface area contributed by atoms with Crippen molar-refractivity contribution >= 4 is 10.8 Å². The molecular weight excluding hydrogens is 196 g/mol. The molecule has 2 aromatic rings. The monoisotopic (exact) mass is 214 g/mol. The van der Waals surface area contributed by atoms with E-state index in [0.717, 1.165) is 0 Å². The molecule has 0 spiro atoms. The van der Waals surface area contributed by atoms with Gasteiger partial charge in [0.25, 0.3) is 0 Å². The summed E-state index contributed by atoms with van der Waals surface area (Å²) in [6.07, 6.45) is 0.268. The van der Waals surface area contributed by atoms with E-state index in [1.54, 1.807) is 0 Å². The minimum atomic E-state index is 0.268. The molecule has 0 saturated carbocycles. The second-order valence-corrected chi connectivity index (χ2v) is 4.26. The Morgan fingerprint density at radius 2 is 1.69 bits per heavy atom. The van der Waals surface area contributed by atoms with E-state index in [2.05, 4.69) is 66.8 Å². The smallest absolute Gasteiger partial charge is 0.0853 e. The molecule has 2 nitrogen and oxygen atoms in total. The zero-order chi connectivity index (χ0) is 11.5. The van der Waals surface area contributed by atoms with Crippen molar-refractivity contribution < 1.29 is 0 Å². The molecule has 0 aliphatic carbocycles. The Kier molecular flexibility index (Phi) is 3.22. The van der Waals surface area contributed by atoms with Crippen LogP contribution in [0, 0.1) is 0 Å². The first-order chi connectivity index (χ1) is 7.72. The third-order valence-electron chi connectivity index (χ3n) is 2.88. The van der Waals surface area contributed by atoms with Crippen molar-refractivity contribution in [3.63, 3.8) is 0 Å². The van der Waals surface area contributed by atoms with Crippen molar-refractivity contribution in [2.45, 2.75) is 6.17 Å². The van der Waals surface area contributed by atoms with Gasteiger partial charge < -0.3 is 5.32 Å². The van der Waals surface area contributed by atoms with E-state index in [1.807, 2.05) is 7.05 Å². The molecule has 0 aliphatic heterocycles. The predicted octanol–water partition coefficient (Wildman–Crippen LogP) is 2.62. The Morgan fingerprint density at radius 1 is 1.00 bits per heavy atom. The van der Waals surface area contributed by atoms with Gasteiger partial charge in [-0.05, 0) is 43.5 Å². The van der Waals surface area contributed by atoms with Crippen molar-refractivity contribution in [3.8, 4) is 0 Å². The zero-order valence-corrected chi connectivity index (χ0v) is 10.1. The fourth-order valence-corrected chi connectivity index (χ4v) is 2.10. The molecule has 0 amide bonds. The van der Waals surface area contributed by atoms with Gasteiger partial charge in [0.05, 0.1) is 6.17 Å². The van der Waals surface area contributed by atoms with Crippen molar-refractivity contribution in [1.82, 2.24) is 10.2 Å². The standard InChI is InChI=1S/C14H18N2/c1-15-14(16(2)3)13-9-8-11-6-4-5-7-12(11)10-13/h4-10,14-15H,1-3H3.